The molecule has 0 unspecified atom stereocenters. The summed E-state index contributed by atoms with van der Waals surface area (Å²) in [5.74, 6) is -0.0145. The number of rotatable bonds is 9. The Labute approximate surface area is 183 Å². The van der Waals surface area contributed by atoms with E-state index in [0.29, 0.717) is 25.5 Å². The first-order valence-electron chi connectivity index (χ1n) is 10.6. The Morgan fingerprint density at radius 1 is 1.13 bits per heavy atom. The van der Waals surface area contributed by atoms with Gasteiger partial charge in [0.05, 0.1) is 6.54 Å². The van der Waals surface area contributed by atoms with Gasteiger partial charge in [-0.25, -0.2) is 9.37 Å². The lowest BCUT2D eigenvalue weighted by atomic mass is 10.0. The first kappa shape index (κ1) is 22.7. The van der Waals surface area contributed by atoms with E-state index in [2.05, 4.69) is 47.2 Å². The van der Waals surface area contributed by atoms with Crippen molar-refractivity contribution in [1.82, 2.24) is 15.2 Å². The standard InChI is InChI=1S/C25H30FN3O2/c1-5-19(4)27-25(30)23-16-31-24(28-23)15-29(13-20-7-10-22(26)11-8-20)14-21-9-6-17(2)12-18(21)3/h6-12,16,19H,5,13-15H2,1-4H3,(H,27,30)/t19-/m1/s1. The van der Waals surface area contributed by atoms with Gasteiger partial charge in [-0.2, -0.15) is 0 Å². The van der Waals surface area contributed by atoms with Gasteiger partial charge in [0.25, 0.3) is 5.91 Å². The van der Waals surface area contributed by atoms with E-state index in [1.54, 1.807) is 12.1 Å². The number of amides is 1. The number of carbonyl (C=O) groups is 1. The second kappa shape index (κ2) is 10.4. The van der Waals surface area contributed by atoms with Gasteiger partial charge in [0.1, 0.15) is 12.1 Å². The largest absolute Gasteiger partial charge is 0.447 e. The summed E-state index contributed by atoms with van der Waals surface area (Å²) in [6.07, 6.45) is 2.25. The molecular formula is C25H30FN3O2. The third-order valence-electron chi connectivity index (χ3n) is 5.34. The number of nitrogens with zero attached hydrogens (tertiary/aromatic N) is 2. The van der Waals surface area contributed by atoms with Crippen LogP contribution in [0.15, 0.2) is 53.1 Å². The Balaban J connectivity index is 1.77. The molecule has 3 rings (SSSR count). The molecule has 31 heavy (non-hydrogen) atoms. The van der Waals surface area contributed by atoms with E-state index >= 15 is 0 Å². The van der Waals surface area contributed by atoms with Gasteiger partial charge in [-0.1, -0.05) is 42.8 Å². The van der Waals surface area contributed by atoms with Crippen LogP contribution in [0.25, 0.3) is 0 Å². The number of hydrogen-bond acceptors (Lipinski definition) is 4. The zero-order chi connectivity index (χ0) is 22.4. The molecule has 0 aliphatic heterocycles. The van der Waals surface area contributed by atoms with Crippen LogP contribution in [0.1, 0.15) is 58.9 Å². The lowest BCUT2D eigenvalue weighted by molar-refractivity contribution is 0.0934. The Hall–Kier alpha value is -2.99. The molecule has 6 heteroatoms. The average molecular weight is 424 g/mol. The topological polar surface area (TPSA) is 58.4 Å². The summed E-state index contributed by atoms with van der Waals surface area (Å²) < 4.78 is 18.9. The summed E-state index contributed by atoms with van der Waals surface area (Å²) in [4.78, 5) is 18.9. The minimum atomic E-state index is -0.255. The van der Waals surface area contributed by atoms with E-state index in [4.69, 9.17) is 4.42 Å². The highest BCUT2D eigenvalue weighted by Gasteiger charge is 2.17. The maximum absolute atomic E-state index is 13.3. The van der Waals surface area contributed by atoms with Crippen molar-refractivity contribution in [2.45, 2.75) is 59.8 Å². The lowest BCUT2D eigenvalue weighted by Crippen LogP contribution is -2.32. The van der Waals surface area contributed by atoms with E-state index in [-0.39, 0.29) is 23.5 Å². The van der Waals surface area contributed by atoms with Gasteiger partial charge >= 0.3 is 0 Å². The van der Waals surface area contributed by atoms with Crippen LogP contribution in [-0.2, 0) is 19.6 Å². The minimum Gasteiger partial charge on any atom is -0.447 e. The van der Waals surface area contributed by atoms with Gasteiger partial charge in [0.15, 0.2) is 5.69 Å². The number of benzene rings is 2. The van der Waals surface area contributed by atoms with Crippen LogP contribution in [0, 0.1) is 19.7 Å². The highest BCUT2D eigenvalue weighted by Crippen LogP contribution is 2.18. The predicted molar refractivity (Wildman–Crippen MR) is 119 cm³/mol. The monoisotopic (exact) mass is 423 g/mol. The molecule has 164 valence electrons. The summed E-state index contributed by atoms with van der Waals surface area (Å²) >= 11 is 0. The number of halogens is 1. The molecular weight excluding hydrogens is 393 g/mol. The lowest BCUT2D eigenvalue weighted by Gasteiger charge is -2.22. The molecule has 1 atom stereocenters. The van der Waals surface area contributed by atoms with Gasteiger partial charge in [0, 0.05) is 19.1 Å². The van der Waals surface area contributed by atoms with Gasteiger partial charge in [0.2, 0.25) is 5.89 Å². The number of hydrogen-bond donors (Lipinski definition) is 1. The molecule has 1 amide bonds. The molecule has 5 nitrogen and oxygen atoms in total. The van der Waals surface area contributed by atoms with E-state index in [1.165, 1.54) is 35.1 Å². The van der Waals surface area contributed by atoms with Crippen LogP contribution in [0.5, 0.6) is 0 Å². The number of carbonyl (C=O) groups excluding carboxylic acids is 1. The van der Waals surface area contributed by atoms with Crippen LogP contribution in [0.3, 0.4) is 0 Å². The molecule has 1 aromatic heterocycles. The molecule has 0 aliphatic carbocycles. The molecule has 2 aromatic carbocycles. The van der Waals surface area contributed by atoms with E-state index in [0.717, 1.165) is 12.0 Å². The molecule has 0 spiro atoms. The van der Waals surface area contributed by atoms with Crippen LogP contribution in [-0.4, -0.2) is 21.8 Å². The first-order valence-corrected chi connectivity index (χ1v) is 10.6. The highest BCUT2D eigenvalue weighted by molar-refractivity contribution is 5.92. The molecule has 0 saturated carbocycles. The smallest absolute Gasteiger partial charge is 0.273 e. The molecule has 0 saturated heterocycles. The summed E-state index contributed by atoms with van der Waals surface area (Å²) in [5.41, 5.74) is 4.91. The molecule has 1 N–H and O–H groups in total. The average Bonchev–Trinajstić information content (AvgIpc) is 3.20. The zero-order valence-electron chi connectivity index (χ0n) is 18.6. The first-order chi connectivity index (χ1) is 14.8. The van der Waals surface area contributed by atoms with Crippen LogP contribution in [0.4, 0.5) is 4.39 Å². The summed E-state index contributed by atoms with van der Waals surface area (Å²) in [6, 6.07) is 13.0. The summed E-state index contributed by atoms with van der Waals surface area (Å²) in [7, 11) is 0. The third kappa shape index (κ3) is 6.49. The molecule has 1 heterocycles. The minimum absolute atomic E-state index is 0.0761. The maximum Gasteiger partial charge on any atom is 0.273 e. The Morgan fingerprint density at radius 2 is 1.87 bits per heavy atom. The third-order valence-corrected chi connectivity index (χ3v) is 5.34. The van der Waals surface area contributed by atoms with Crippen molar-refractivity contribution in [3.63, 3.8) is 0 Å². The highest BCUT2D eigenvalue weighted by atomic mass is 19.1. The zero-order valence-corrected chi connectivity index (χ0v) is 18.6. The normalized spacial score (nSPS) is 12.2. The van der Waals surface area contributed by atoms with Gasteiger partial charge in [-0.05, 0) is 56.0 Å². The van der Waals surface area contributed by atoms with Gasteiger partial charge in [-0.15, -0.1) is 0 Å². The predicted octanol–water partition coefficient (Wildman–Crippen LogP) is 5.16. The van der Waals surface area contributed by atoms with Crippen molar-refractivity contribution in [2.75, 3.05) is 0 Å². The molecule has 0 radical (unpaired) electrons. The summed E-state index contributed by atoms with van der Waals surface area (Å²) in [6.45, 7) is 9.85. The number of aryl methyl sites for hydroxylation is 2. The second-order valence-electron chi connectivity index (χ2n) is 8.11. The van der Waals surface area contributed by atoms with E-state index in [9.17, 15) is 9.18 Å². The number of nitrogens with one attached hydrogen (secondary N) is 1. The molecule has 0 fully saturated rings. The van der Waals surface area contributed by atoms with Gasteiger partial charge in [-0.3, -0.25) is 9.69 Å². The fourth-order valence-corrected chi connectivity index (χ4v) is 3.36. The van der Waals surface area contributed by atoms with E-state index < -0.39 is 0 Å². The number of oxazole rings is 1. The van der Waals surface area contributed by atoms with Crippen LogP contribution in [0.2, 0.25) is 0 Å². The van der Waals surface area contributed by atoms with Crippen molar-refractivity contribution in [3.05, 3.63) is 88.4 Å². The fraction of sp³-hybridized carbons (Fsp3) is 0.360. The number of aromatic nitrogens is 1. The van der Waals surface area contributed by atoms with Crippen molar-refractivity contribution >= 4 is 5.91 Å². The van der Waals surface area contributed by atoms with Crippen LogP contribution >= 0.6 is 0 Å². The van der Waals surface area contributed by atoms with Crippen molar-refractivity contribution in [2.24, 2.45) is 0 Å². The van der Waals surface area contributed by atoms with Crippen molar-refractivity contribution in [3.8, 4) is 0 Å². The van der Waals surface area contributed by atoms with Crippen LogP contribution < -0.4 is 5.32 Å². The fourth-order valence-electron chi connectivity index (χ4n) is 3.36. The van der Waals surface area contributed by atoms with E-state index in [1.807, 2.05) is 13.8 Å². The molecule has 0 bridgehead atoms. The summed E-state index contributed by atoms with van der Waals surface area (Å²) in [5, 5.41) is 2.90. The maximum atomic E-state index is 13.3. The SMILES string of the molecule is CC[C@@H](C)NC(=O)c1coc(CN(Cc2ccc(F)cc2)Cc2ccc(C)cc2C)n1. The Morgan fingerprint density at radius 3 is 2.55 bits per heavy atom. The second-order valence-corrected chi connectivity index (χ2v) is 8.11. The van der Waals surface area contributed by atoms with Gasteiger partial charge < -0.3 is 9.73 Å². The molecule has 3 aromatic rings. The van der Waals surface area contributed by atoms with Crippen molar-refractivity contribution < 1.29 is 13.6 Å². The molecule has 0 aliphatic rings. The quantitative estimate of drug-likeness (QED) is 0.516. The Bertz CT molecular complexity index is 1010. The Kier molecular flexibility index (Phi) is 7.58. The van der Waals surface area contributed by atoms with Crippen molar-refractivity contribution in [1.29, 1.82) is 0 Å².